The summed E-state index contributed by atoms with van der Waals surface area (Å²) in [5.41, 5.74) is 2.92. The number of rotatable bonds is 3. The Morgan fingerprint density at radius 2 is 1.95 bits per heavy atom. The SMILES string of the molecule is O=C(N/N=C/c1cccc(Cl)c1O)c1ccc(F)cc1. The number of aromatic hydroxyl groups is 1. The molecular weight excluding hydrogens is 283 g/mol. The number of phenolic OH excluding ortho intramolecular Hbond substituents is 1. The van der Waals surface area contributed by atoms with E-state index in [-0.39, 0.29) is 16.3 Å². The minimum absolute atomic E-state index is 0.117. The molecule has 0 aliphatic heterocycles. The van der Waals surface area contributed by atoms with Crippen LogP contribution in [0, 0.1) is 5.82 Å². The fourth-order valence-corrected chi connectivity index (χ4v) is 1.64. The van der Waals surface area contributed by atoms with Crippen molar-refractivity contribution in [2.45, 2.75) is 0 Å². The van der Waals surface area contributed by atoms with Crippen molar-refractivity contribution >= 4 is 23.7 Å². The predicted octanol–water partition coefficient (Wildman–Crippen LogP) is 2.95. The zero-order chi connectivity index (χ0) is 14.5. The van der Waals surface area contributed by atoms with Gasteiger partial charge in [-0.2, -0.15) is 5.10 Å². The lowest BCUT2D eigenvalue weighted by Gasteiger charge is -2.01. The average Bonchev–Trinajstić information content (AvgIpc) is 2.44. The second-order valence-electron chi connectivity index (χ2n) is 3.88. The van der Waals surface area contributed by atoms with Crippen molar-refractivity contribution in [3.63, 3.8) is 0 Å². The van der Waals surface area contributed by atoms with Crippen LogP contribution in [0.5, 0.6) is 5.75 Å². The smallest absolute Gasteiger partial charge is 0.271 e. The monoisotopic (exact) mass is 292 g/mol. The van der Waals surface area contributed by atoms with Crippen molar-refractivity contribution in [1.82, 2.24) is 5.43 Å². The van der Waals surface area contributed by atoms with Crippen molar-refractivity contribution in [2.24, 2.45) is 5.10 Å². The van der Waals surface area contributed by atoms with Crippen molar-refractivity contribution in [3.8, 4) is 5.75 Å². The van der Waals surface area contributed by atoms with Crippen LogP contribution < -0.4 is 5.43 Å². The molecule has 0 bridgehead atoms. The van der Waals surface area contributed by atoms with Gasteiger partial charge in [0.1, 0.15) is 11.6 Å². The van der Waals surface area contributed by atoms with Gasteiger partial charge in [0, 0.05) is 11.1 Å². The molecule has 0 saturated heterocycles. The van der Waals surface area contributed by atoms with Crippen LogP contribution in [0.25, 0.3) is 0 Å². The minimum atomic E-state index is -0.484. The molecule has 1 amide bonds. The number of hydrogen-bond acceptors (Lipinski definition) is 3. The number of hydrogen-bond donors (Lipinski definition) is 2. The summed E-state index contributed by atoms with van der Waals surface area (Å²) < 4.78 is 12.7. The normalized spacial score (nSPS) is 10.7. The summed E-state index contributed by atoms with van der Waals surface area (Å²) in [4.78, 5) is 11.7. The largest absolute Gasteiger partial charge is 0.506 e. The maximum atomic E-state index is 12.7. The second-order valence-corrected chi connectivity index (χ2v) is 4.29. The minimum Gasteiger partial charge on any atom is -0.506 e. The Morgan fingerprint density at radius 1 is 1.25 bits per heavy atom. The molecule has 0 aromatic heterocycles. The summed E-state index contributed by atoms with van der Waals surface area (Å²) in [6.07, 6.45) is 1.27. The lowest BCUT2D eigenvalue weighted by Crippen LogP contribution is -2.17. The van der Waals surface area contributed by atoms with Crippen LogP contribution in [0.3, 0.4) is 0 Å². The van der Waals surface area contributed by atoms with Crippen LogP contribution in [0.1, 0.15) is 15.9 Å². The quantitative estimate of drug-likeness (QED) is 0.675. The highest BCUT2D eigenvalue weighted by Gasteiger charge is 2.05. The van der Waals surface area contributed by atoms with Crippen LogP contribution in [0.15, 0.2) is 47.6 Å². The molecule has 0 spiro atoms. The van der Waals surface area contributed by atoms with E-state index in [0.717, 1.165) is 0 Å². The van der Waals surface area contributed by atoms with Gasteiger partial charge in [-0.1, -0.05) is 17.7 Å². The van der Waals surface area contributed by atoms with Crippen molar-refractivity contribution in [1.29, 1.82) is 0 Å². The Morgan fingerprint density at radius 3 is 2.65 bits per heavy atom. The summed E-state index contributed by atoms with van der Waals surface area (Å²) in [7, 11) is 0. The van der Waals surface area contributed by atoms with E-state index < -0.39 is 11.7 Å². The number of carbonyl (C=O) groups is 1. The number of amides is 1. The molecule has 0 saturated carbocycles. The molecule has 2 aromatic rings. The van der Waals surface area contributed by atoms with Crippen molar-refractivity contribution in [3.05, 3.63) is 64.4 Å². The first-order valence-electron chi connectivity index (χ1n) is 5.64. The average molecular weight is 293 g/mol. The molecule has 0 atom stereocenters. The highest BCUT2D eigenvalue weighted by atomic mass is 35.5. The maximum Gasteiger partial charge on any atom is 0.271 e. The number of nitrogens with one attached hydrogen (secondary N) is 1. The van der Waals surface area contributed by atoms with E-state index in [9.17, 15) is 14.3 Å². The molecule has 0 radical (unpaired) electrons. The van der Waals surface area contributed by atoms with Gasteiger partial charge in [0.05, 0.1) is 11.2 Å². The molecule has 2 N–H and O–H groups in total. The molecule has 102 valence electrons. The lowest BCUT2D eigenvalue weighted by atomic mass is 10.2. The molecule has 0 unspecified atom stereocenters. The summed E-state index contributed by atoms with van der Waals surface area (Å²) >= 11 is 5.73. The molecule has 0 fully saturated rings. The second kappa shape index (κ2) is 6.16. The van der Waals surface area contributed by atoms with E-state index >= 15 is 0 Å². The van der Waals surface area contributed by atoms with Gasteiger partial charge in [-0.3, -0.25) is 4.79 Å². The molecule has 0 aliphatic carbocycles. The maximum absolute atomic E-state index is 12.7. The van der Waals surface area contributed by atoms with Gasteiger partial charge < -0.3 is 5.11 Å². The summed E-state index contributed by atoms with van der Waals surface area (Å²) in [6.45, 7) is 0. The van der Waals surface area contributed by atoms with Crippen LogP contribution in [0.2, 0.25) is 5.02 Å². The molecular formula is C14H10ClFN2O2. The van der Waals surface area contributed by atoms with E-state index in [0.29, 0.717) is 5.56 Å². The van der Waals surface area contributed by atoms with Crippen LogP contribution in [0.4, 0.5) is 4.39 Å². The fraction of sp³-hybridized carbons (Fsp3) is 0. The Hall–Kier alpha value is -2.40. The highest BCUT2D eigenvalue weighted by molar-refractivity contribution is 6.32. The highest BCUT2D eigenvalue weighted by Crippen LogP contribution is 2.25. The summed E-state index contributed by atoms with van der Waals surface area (Å²) in [5, 5.41) is 13.5. The van der Waals surface area contributed by atoms with Gasteiger partial charge in [-0.05, 0) is 36.4 Å². The number of phenols is 1. The standard InChI is InChI=1S/C14H10ClFN2O2/c15-12-3-1-2-10(13(12)19)8-17-18-14(20)9-4-6-11(16)7-5-9/h1-8,19H,(H,18,20)/b17-8+. The molecule has 0 aliphatic rings. The Balaban J connectivity index is 2.04. The third-order valence-electron chi connectivity index (χ3n) is 2.49. The summed E-state index contributed by atoms with van der Waals surface area (Å²) in [5.74, 6) is -1.02. The van der Waals surface area contributed by atoms with Gasteiger partial charge in [-0.25, -0.2) is 9.82 Å². The van der Waals surface area contributed by atoms with Gasteiger partial charge in [-0.15, -0.1) is 0 Å². The van der Waals surface area contributed by atoms with E-state index in [4.69, 9.17) is 11.6 Å². The third kappa shape index (κ3) is 3.33. The zero-order valence-corrected chi connectivity index (χ0v) is 10.9. The zero-order valence-electron chi connectivity index (χ0n) is 10.2. The van der Waals surface area contributed by atoms with E-state index in [1.165, 1.54) is 36.5 Å². The van der Waals surface area contributed by atoms with E-state index in [1.54, 1.807) is 12.1 Å². The molecule has 4 nitrogen and oxygen atoms in total. The number of nitrogens with zero attached hydrogens (tertiary/aromatic N) is 1. The Kier molecular flexibility index (Phi) is 4.32. The number of hydrazone groups is 1. The Labute approximate surface area is 119 Å². The van der Waals surface area contributed by atoms with Gasteiger partial charge in [0.15, 0.2) is 0 Å². The van der Waals surface area contributed by atoms with E-state index in [2.05, 4.69) is 10.5 Å². The topological polar surface area (TPSA) is 61.7 Å². The van der Waals surface area contributed by atoms with E-state index in [1.807, 2.05) is 0 Å². The molecule has 2 rings (SSSR count). The first kappa shape index (κ1) is 14.0. The van der Waals surface area contributed by atoms with Crippen LogP contribution in [-0.2, 0) is 0 Å². The molecule has 20 heavy (non-hydrogen) atoms. The van der Waals surface area contributed by atoms with Crippen molar-refractivity contribution < 1.29 is 14.3 Å². The number of benzene rings is 2. The fourth-order valence-electron chi connectivity index (χ4n) is 1.46. The Bertz CT molecular complexity index is 657. The molecule has 6 heteroatoms. The van der Waals surface area contributed by atoms with Crippen LogP contribution in [-0.4, -0.2) is 17.2 Å². The number of halogens is 2. The lowest BCUT2D eigenvalue weighted by molar-refractivity contribution is 0.0955. The number of carbonyl (C=O) groups excluding carboxylic acids is 1. The van der Waals surface area contributed by atoms with Crippen LogP contribution >= 0.6 is 11.6 Å². The van der Waals surface area contributed by atoms with Gasteiger partial charge in [0.25, 0.3) is 5.91 Å². The third-order valence-corrected chi connectivity index (χ3v) is 2.80. The molecule has 0 heterocycles. The summed E-state index contributed by atoms with van der Waals surface area (Å²) in [6, 6.07) is 9.82. The molecule has 2 aromatic carbocycles. The first-order chi connectivity index (χ1) is 9.58. The number of para-hydroxylation sites is 1. The van der Waals surface area contributed by atoms with Crippen molar-refractivity contribution in [2.75, 3.05) is 0 Å². The first-order valence-corrected chi connectivity index (χ1v) is 6.02. The predicted molar refractivity (Wildman–Crippen MR) is 74.6 cm³/mol. The van der Waals surface area contributed by atoms with Gasteiger partial charge >= 0.3 is 0 Å². The van der Waals surface area contributed by atoms with Gasteiger partial charge in [0.2, 0.25) is 0 Å².